The fourth-order valence-electron chi connectivity index (χ4n) is 1.68. The van der Waals surface area contributed by atoms with Gasteiger partial charge < -0.3 is 0 Å². The van der Waals surface area contributed by atoms with Crippen molar-refractivity contribution in [2.75, 3.05) is 17.2 Å². The molecule has 1 amide bonds. The highest BCUT2D eigenvalue weighted by atomic mass is 79.9. The van der Waals surface area contributed by atoms with Crippen molar-refractivity contribution in [1.29, 1.82) is 0 Å². The highest BCUT2D eigenvalue weighted by Gasteiger charge is 2.30. The SMILES string of the molecule is O=C1CC(CS)CN1c1ccc(Cl)c(Br)n1. The van der Waals surface area contributed by atoms with Crippen LogP contribution < -0.4 is 4.90 Å². The van der Waals surface area contributed by atoms with Gasteiger partial charge in [-0.05, 0) is 39.7 Å². The number of aromatic nitrogens is 1. The van der Waals surface area contributed by atoms with Gasteiger partial charge in [0.1, 0.15) is 10.4 Å². The van der Waals surface area contributed by atoms with Crippen LogP contribution in [0.2, 0.25) is 5.02 Å². The van der Waals surface area contributed by atoms with E-state index in [2.05, 4.69) is 33.5 Å². The predicted molar refractivity (Wildman–Crippen MR) is 71.3 cm³/mol. The molecule has 1 saturated heterocycles. The lowest BCUT2D eigenvalue weighted by molar-refractivity contribution is -0.117. The van der Waals surface area contributed by atoms with E-state index in [4.69, 9.17) is 11.6 Å². The summed E-state index contributed by atoms with van der Waals surface area (Å²) >= 11 is 13.3. The van der Waals surface area contributed by atoms with Crippen LogP contribution in [0.15, 0.2) is 16.7 Å². The van der Waals surface area contributed by atoms with Gasteiger partial charge in [0.25, 0.3) is 0 Å². The molecule has 0 spiro atoms. The Balaban J connectivity index is 2.24. The molecule has 0 bridgehead atoms. The lowest BCUT2D eigenvalue weighted by Crippen LogP contribution is -2.25. The first kappa shape index (κ1) is 12.2. The third-order valence-corrected chi connectivity index (χ3v) is 4.18. The third-order valence-electron chi connectivity index (χ3n) is 2.53. The van der Waals surface area contributed by atoms with Crippen molar-refractivity contribution in [3.05, 3.63) is 21.8 Å². The lowest BCUT2D eigenvalue weighted by atomic mass is 10.1. The van der Waals surface area contributed by atoms with Gasteiger partial charge in [0.15, 0.2) is 0 Å². The molecular weight excluding hydrogens is 312 g/mol. The normalized spacial score (nSPS) is 20.6. The third kappa shape index (κ3) is 2.36. The molecule has 0 saturated carbocycles. The number of carbonyl (C=O) groups excluding carboxylic acids is 1. The summed E-state index contributed by atoms with van der Waals surface area (Å²) in [5, 5.41) is 0.543. The van der Waals surface area contributed by atoms with E-state index in [-0.39, 0.29) is 5.91 Å². The maximum atomic E-state index is 11.7. The topological polar surface area (TPSA) is 33.2 Å². The van der Waals surface area contributed by atoms with Gasteiger partial charge in [-0.3, -0.25) is 9.69 Å². The fraction of sp³-hybridized carbons (Fsp3) is 0.400. The van der Waals surface area contributed by atoms with Crippen molar-refractivity contribution in [3.63, 3.8) is 0 Å². The second-order valence-electron chi connectivity index (χ2n) is 3.70. The first-order chi connectivity index (χ1) is 7.61. The van der Waals surface area contributed by atoms with Crippen LogP contribution in [0.5, 0.6) is 0 Å². The van der Waals surface area contributed by atoms with E-state index in [0.717, 1.165) is 5.75 Å². The highest BCUT2D eigenvalue weighted by Crippen LogP contribution is 2.28. The van der Waals surface area contributed by atoms with Gasteiger partial charge in [0, 0.05) is 13.0 Å². The second kappa shape index (κ2) is 4.94. The zero-order chi connectivity index (χ0) is 11.7. The number of amides is 1. The minimum Gasteiger partial charge on any atom is -0.296 e. The maximum Gasteiger partial charge on any atom is 0.228 e. The number of rotatable bonds is 2. The number of anilines is 1. The van der Waals surface area contributed by atoms with Crippen molar-refractivity contribution in [1.82, 2.24) is 4.98 Å². The summed E-state index contributed by atoms with van der Waals surface area (Å²) in [6, 6.07) is 3.49. The number of hydrogen-bond acceptors (Lipinski definition) is 3. The monoisotopic (exact) mass is 320 g/mol. The molecule has 1 aliphatic heterocycles. The Labute approximate surface area is 113 Å². The van der Waals surface area contributed by atoms with Crippen molar-refractivity contribution in [3.8, 4) is 0 Å². The average Bonchev–Trinajstić information content (AvgIpc) is 2.64. The van der Waals surface area contributed by atoms with E-state index in [0.29, 0.717) is 34.3 Å². The van der Waals surface area contributed by atoms with Crippen LogP contribution in [-0.4, -0.2) is 23.2 Å². The first-order valence-electron chi connectivity index (χ1n) is 4.85. The maximum absolute atomic E-state index is 11.7. The van der Waals surface area contributed by atoms with Gasteiger partial charge in [-0.15, -0.1) is 0 Å². The molecule has 0 N–H and O–H groups in total. The molecule has 2 rings (SSSR count). The summed E-state index contributed by atoms with van der Waals surface area (Å²) in [4.78, 5) is 17.7. The van der Waals surface area contributed by atoms with E-state index in [9.17, 15) is 4.79 Å². The van der Waals surface area contributed by atoms with Crippen molar-refractivity contribution >= 4 is 51.9 Å². The van der Waals surface area contributed by atoms with Crippen LogP contribution in [0.4, 0.5) is 5.82 Å². The zero-order valence-electron chi connectivity index (χ0n) is 8.36. The molecule has 0 aliphatic carbocycles. The molecule has 1 aromatic heterocycles. The minimum absolute atomic E-state index is 0.0979. The number of nitrogens with zero attached hydrogens (tertiary/aromatic N) is 2. The van der Waals surface area contributed by atoms with Crippen LogP contribution in [0.1, 0.15) is 6.42 Å². The molecule has 1 aliphatic rings. The van der Waals surface area contributed by atoms with Crippen molar-refractivity contribution < 1.29 is 4.79 Å². The Morgan fingerprint density at radius 2 is 2.38 bits per heavy atom. The van der Waals surface area contributed by atoms with E-state index in [1.54, 1.807) is 17.0 Å². The Kier molecular flexibility index (Phi) is 3.77. The highest BCUT2D eigenvalue weighted by molar-refractivity contribution is 9.10. The predicted octanol–water partition coefficient (Wildman–Crippen LogP) is 2.78. The largest absolute Gasteiger partial charge is 0.296 e. The smallest absolute Gasteiger partial charge is 0.228 e. The summed E-state index contributed by atoms with van der Waals surface area (Å²) < 4.78 is 0.564. The summed E-state index contributed by atoms with van der Waals surface area (Å²) in [5.74, 6) is 1.77. The van der Waals surface area contributed by atoms with Gasteiger partial charge in [-0.2, -0.15) is 12.6 Å². The van der Waals surface area contributed by atoms with Crippen LogP contribution in [0.3, 0.4) is 0 Å². The summed E-state index contributed by atoms with van der Waals surface area (Å²) in [6.07, 6.45) is 0.547. The van der Waals surface area contributed by atoms with E-state index in [1.807, 2.05) is 0 Å². The quantitative estimate of drug-likeness (QED) is 0.671. The van der Waals surface area contributed by atoms with Gasteiger partial charge in [-0.1, -0.05) is 11.6 Å². The molecule has 0 aromatic carbocycles. The van der Waals surface area contributed by atoms with E-state index >= 15 is 0 Å². The van der Waals surface area contributed by atoms with Gasteiger partial charge in [0.2, 0.25) is 5.91 Å². The molecular formula is C10H10BrClN2OS. The molecule has 1 fully saturated rings. The number of thiol groups is 1. The van der Waals surface area contributed by atoms with Gasteiger partial charge in [-0.25, -0.2) is 4.98 Å². The second-order valence-corrected chi connectivity index (χ2v) is 5.22. The lowest BCUT2D eigenvalue weighted by Gasteiger charge is -2.15. The van der Waals surface area contributed by atoms with Gasteiger partial charge in [0.05, 0.1) is 5.02 Å². The Morgan fingerprint density at radius 1 is 1.62 bits per heavy atom. The van der Waals surface area contributed by atoms with Gasteiger partial charge >= 0.3 is 0 Å². The number of carbonyl (C=O) groups is 1. The van der Waals surface area contributed by atoms with Crippen molar-refractivity contribution in [2.24, 2.45) is 5.92 Å². The Morgan fingerprint density at radius 3 is 2.94 bits per heavy atom. The van der Waals surface area contributed by atoms with Crippen LogP contribution >= 0.6 is 40.2 Å². The Bertz CT molecular complexity index is 429. The Hall–Kier alpha value is -0.260. The zero-order valence-corrected chi connectivity index (χ0v) is 11.6. The molecule has 86 valence electrons. The first-order valence-corrected chi connectivity index (χ1v) is 6.65. The number of hydrogen-bond donors (Lipinski definition) is 1. The molecule has 16 heavy (non-hydrogen) atoms. The average molecular weight is 322 g/mol. The molecule has 6 heteroatoms. The number of pyridine rings is 1. The van der Waals surface area contributed by atoms with E-state index < -0.39 is 0 Å². The van der Waals surface area contributed by atoms with Crippen LogP contribution in [0.25, 0.3) is 0 Å². The molecule has 1 unspecified atom stereocenters. The number of halogens is 2. The van der Waals surface area contributed by atoms with E-state index in [1.165, 1.54) is 0 Å². The molecule has 3 nitrogen and oxygen atoms in total. The minimum atomic E-state index is 0.0979. The molecule has 1 aromatic rings. The summed E-state index contributed by atoms with van der Waals surface area (Å²) in [6.45, 7) is 0.684. The van der Waals surface area contributed by atoms with Crippen LogP contribution in [0, 0.1) is 5.92 Å². The van der Waals surface area contributed by atoms with Crippen molar-refractivity contribution in [2.45, 2.75) is 6.42 Å². The summed E-state index contributed by atoms with van der Waals surface area (Å²) in [7, 11) is 0. The van der Waals surface area contributed by atoms with Crippen LogP contribution in [-0.2, 0) is 4.79 Å². The summed E-state index contributed by atoms with van der Waals surface area (Å²) in [5.41, 5.74) is 0. The molecule has 2 heterocycles. The standard InChI is InChI=1S/C10H10BrClN2OS/c11-10-7(12)1-2-8(13-10)14-4-6(5-16)3-9(14)15/h1-2,6,16H,3-5H2. The fourth-order valence-corrected chi connectivity index (χ4v) is 2.35. The molecule has 0 radical (unpaired) electrons. The molecule has 1 atom stereocenters.